The Kier molecular flexibility index (Phi) is 58.0. The summed E-state index contributed by atoms with van der Waals surface area (Å²) in [5.74, 6) is -0.682. The maximum absolute atomic E-state index is 13.0. The number of ether oxygens (including phenoxy) is 4. The Balaban J connectivity index is 5.21. The van der Waals surface area contributed by atoms with Crippen LogP contribution in [-0.4, -0.2) is 96.7 Å². The largest absolute Gasteiger partial charge is 0.472 e. The molecule has 0 saturated heterocycles. The summed E-state index contributed by atoms with van der Waals surface area (Å²) in [6, 6.07) is 0. The number of hydrogen-bond donors (Lipinski definition) is 3. The van der Waals surface area contributed by atoms with E-state index in [1.165, 1.54) is 148 Å². The molecule has 3 N–H and O–H groups in total. The van der Waals surface area contributed by atoms with E-state index in [9.17, 15) is 43.2 Å². The molecule has 7 atom stereocenters. The molecule has 0 rings (SSSR count). The first-order valence-corrected chi connectivity index (χ1v) is 38.1. The highest BCUT2D eigenvalue weighted by atomic mass is 31.2. The van der Waals surface area contributed by atoms with E-state index in [0.29, 0.717) is 25.7 Å². The average molecular weight is 1270 g/mol. The maximum Gasteiger partial charge on any atom is 0.472 e. The summed E-state index contributed by atoms with van der Waals surface area (Å²) in [4.78, 5) is 72.3. The van der Waals surface area contributed by atoms with Gasteiger partial charge in [-0.1, -0.05) is 286 Å². The van der Waals surface area contributed by atoms with Crippen molar-refractivity contribution in [1.82, 2.24) is 0 Å². The number of esters is 4. The Morgan fingerprint density at radius 1 is 0.326 bits per heavy atom. The molecule has 0 spiro atoms. The van der Waals surface area contributed by atoms with Crippen molar-refractivity contribution in [3.8, 4) is 0 Å². The second-order valence-corrected chi connectivity index (χ2v) is 27.6. The highest BCUT2D eigenvalue weighted by molar-refractivity contribution is 7.47. The maximum atomic E-state index is 13.0. The third kappa shape index (κ3) is 58.4. The molecule has 0 aliphatic rings. The van der Waals surface area contributed by atoms with Crippen LogP contribution < -0.4 is 0 Å². The van der Waals surface area contributed by atoms with E-state index in [0.717, 1.165) is 108 Å². The van der Waals surface area contributed by atoms with Crippen molar-refractivity contribution in [2.75, 3.05) is 39.6 Å². The predicted molar refractivity (Wildman–Crippen MR) is 345 cm³/mol. The summed E-state index contributed by atoms with van der Waals surface area (Å²) < 4.78 is 68.1. The minimum atomic E-state index is -4.95. The van der Waals surface area contributed by atoms with Gasteiger partial charge in [0.05, 0.1) is 26.4 Å². The lowest BCUT2D eigenvalue weighted by atomic mass is 10.00. The first-order valence-electron chi connectivity index (χ1n) is 35.1. The van der Waals surface area contributed by atoms with Crippen molar-refractivity contribution in [2.24, 2.45) is 11.8 Å². The standard InChI is InChI=1S/C67H130O17P2/c1-7-11-13-15-17-19-20-21-22-23-24-25-26-28-30-39-45-51-66(71)83-62(56-78-65(70)50-44-38-33-31-35-41-47-59(5)9-3)57-81-85(73,74)79-53-61(68)54-80-86(75,76)82-58-63(55-77-64(69)49-43-37-29-27-18-16-14-12-8-2)84-67(72)52-46-40-34-32-36-42-48-60(6)10-4/h59-63,68H,7-58H2,1-6H3,(H,73,74)(H,75,76)/t59?,60?,61-,62-,63-/m1/s1. The summed E-state index contributed by atoms with van der Waals surface area (Å²) in [6.07, 6.45) is 43.2. The van der Waals surface area contributed by atoms with Crippen molar-refractivity contribution < 1.29 is 80.2 Å². The highest BCUT2D eigenvalue weighted by Crippen LogP contribution is 2.45. The number of phosphoric ester groups is 2. The molecule has 0 aliphatic heterocycles. The van der Waals surface area contributed by atoms with E-state index < -0.39 is 97.5 Å². The molecule has 0 aromatic heterocycles. The Labute approximate surface area is 524 Å². The van der Waals surface area contributed by atoms with Crippen molar-refractivity contribution in [3.63, 3.8) is 0 Å². The van der Waals surface area contributed by atoms with E-state index in [1.807, 2.05) is 0 Å². The van der Waals surface area contributed by atoms with E-state index in [1.54, 1.807) is 0 Å². The lowest BCUT2D eigenvalue weighted by Crippen LogP contribution is -2.30. The van der Waals surface area contributed by atoms with E-state index >= 15 is 0 Å². The first-order chi connectivity index (χ1) is 41.4. The monoisotopic (exact) mass is 1270 g/mol. The second kappa shape index (κ2) is 59.4. The number of unbranched alkanes of at least 4 members (excludes halogenated alkanes) is 34. The van der Waals surface area contributed by atoms with Crippen molar-refractivity contribution >= 4 is 39.5 Å². The molecule has 17 nitrogen and oxygen atoms in total. The molecule has 0 aromatic carbocycles. The number of phosphoric acid groups is 2. The zero-order valence-electron chi connectivity index (χ0n) is 55.6. The van der Waals surface area contributed by atoms with Gasteiger partial charge >= 0.3 is 39.5 Å². The smallest absolute Gasteiger partial charge is 0.462 e. The number of rotatable bonds is 66. The summed E-state index contributed by atoms with van der Waals surface area (Å²) in [5.41, 5.74) is 0. The van der Waals surface area contributed by atoms with Gasteiger partial charge in [0.25, 0.3) is 0 Å². The minimum Gasteiger partial charge on any atom is -0.462 e. The van der Waals surface area contributed by atoms with E-state index in [-0.39, 0.29) is 25.7 Å². The molecule has 0 saturated carbocycles. The number of carbonyl (C=O) groups is 4. The summed E-state index contributed by atoms with van der Waals surface area (Å²) in [6.45, 7) is 9.42. The number of hydrogen-bond acceptors (Lipinski definition) is 15. The molecule has 0 radical (unpaired) electrons. The van der Waals surface area contributed by atoms with Gasteiger partial charge in [0.1, 0.15) is 19.3 Å². The summed E-state index contributed by atoms with van der Waals surface area (Å²) in [5, 5.41) is 10.6. The lowest BCUT2D eigenvalue weighted by molar-refractivity contribution is -0.161. The molecular formula is C67H130O17P2. The summed E-state index contributed by atoms with van der Waals surface area (Å²) >= 11 is 0. The zero-order chi connectivity index (χ0) is 63.6. The molecule has 0 aromatic rings. The van der Waals surface area contributed by atoms with Crippen LogP contribution in [0.1, 0.15) is 337 Å². The van der Waals surface area contributed by atoms with Gasteiger partial charge in [-0.25, -0.2) is 9.13 Å². The molecule has 0 bridgehead atoms. The van der Waals surface area contributed by atoms with Gasteiger partial charge in [-0.2, -0.15) is 0 Å². The van der Waals surface area contributed by atoms with Gasteiger partial charge in [-0.3, -0.25) is 37.3 Å². The van der Waals surface area contributed by atoms with Crippen LogP contribution in [0, 0.1) is 11.8 Å². The van der Waals surface area contributed by atoms with Gasteiger partial charge in [-0.15, -0.1) is 0 Å². The van der Waals surface area contributed by atoms with Crippen LogP contribution in [0.3, 0.4) is 0 Å². The molecule has 4 unspecified atom stereocenters. The number of carbonyl (C=O) groups excluding carboxylic acids is 4. The van der Waals surface area contributed by atoms with Crippen LogP contribution in [-0.2, 0) is 65.4 Å². The van der Waals surface area contributed by atoms with Crippen LogP contribution in [0.5, 0.6) is 0 Å². The minimum absolute atomic E-state index is 0.103. The van der Waals surface area contributed by atoms with Crippen LogP contribution in [0.15, 0.2) is 0 Å². The fourth-order valence-corrected chi connectivity index (χ4v) is 11.6. The zero-order valence-corrected chi connectivity index (χ0v) is 57.4. The highest BCUT2D eigenvalue weighted by Gasteiger charge is 2.30. The Bertz CT molecular complexity index is 1690. The lowest BCUT2D eigenvalue weighted by Gasteiger charge is -2.21. The van der Waals surface area contributed by atoms with Crippen molar-refractivity contribution in [2.45, 2.75) is 355 Å². The van der Waals surface area contributed by atoms with E-state index in [2.05, 4.69) is 41.5 Å². The molecule has 0 aliphatic carbocycles. The van der Waals surface area contributed by atoms with Gasteiger partial charge in [0, 0.05) is 25.7 Å². The van der Waals surface area contributed by atoms with Gasteiger partial charge in [0.15, 0.2) is 12.2 Å². The van der Waals surface area contributed by atoms with Crippen LogP contribution in [0.4, 0.5) is 0 Å². The third-order valence-corrected chi connectivity index (χ3v) is 18.1. The Hall–Kier alpha value is -1.94. The Morgan fingerprint density at radius 3 is 0.826 bits per heavy atom. The number of aliphatic hydroxyl groups is 1. The van der Waals surface area contributed by atoms with Crippen LogP contribution >= 0.6 is 15.6 Å². The normalized spacial score (nSPS) is 14.8. The predicted octanol–water partition coefficient (Wildman–Crippen LogP) is 18.8. The average Bonchev–Trinajstić information content (AvgIpc) is 3.61. The molecule has 86 heavy (non-hydrogen) atoms. The van der Waals surface area contributed by atoms with Crippen LogP contribution in [0.25, 0.3) is 0 Å². The molecule has 0 amide bonds. The van der Waals surface area contributed by atoms with Crippen LogP contribution in [0.2, 0.25) is 0 Å². The van der Waals surface area contributed by atoms with Gasteiger partial charge < -0.3 is 33.8 Å². The Morgan fingerprint density at radius 2 is 0.558 bits per heavy atom. The topological polar surface area (TPSA) is 237 Å². The van der Waals surface area contributed by atoms with Crippen molar-refractivity contribution in [1.29, 1.82) is 0 Å². The number of aliphatic hydroxyl groups excluding tert-OH is 1. The molecule has 0 heterocycles. The SMILES string of the molecule is CCCCCCCCCCCCCCCCCCCC(=O)O[C@H](COC(=O)CCCCCCCCC(C)CC)COP(=O)(O)OC[C@@H](O)COP(=O)(O)OC[C@@H](COC(=O)CCCCCCCCCCC)OC(=O)CCCCCCCCC(C)CC. The fourth-order valence-electron chi connectivity index (χ4n) is 10.00. The summed E-state index contributed by atoms with van der Waals surface area (Å²) in [7, 11) is -9.89. The third-order valence-electron chi connectivity index (χ3n) is 16.2. The van der Waals surface area contributed by atoms with Crippen molar-refractivity contribution in [3.05, 3.63) is 0 Å². The molecular weight excluding hydrogens is 1140 g/mol. The fraction of sp³-hybridized carbons (Fsp3) is 0.940. The first kappa shape index (κ1) is 84.1. The molecule has 510 valence electrons. The molecule has 0 fully saturated rings. The van der Waals surface area contributed by atoms with Gasteiger partial charge in [0.2, 0.25) is 0 Å². The second-order valence-electron chi connectivity index (χ2n) is 24.7. The molecule has 19 heteroatoms. The van der Waals surface area contributed by atoms with Gasteiger partial charge in [-0.05, 0) is 37.5 Å². The quantitative estimate of drug-likeness (QED) is 0.0222. The van der Waals surface area contributed by atoms with E-state index in [4.69, 9.17) is 37.0 Å².